The second-order valence-electron chi connectivity index (χ2n) is 18.7. The molecule has 0 amide bonds. The molecule has 0 radical (unpaired) electrons. The van der Waals surface area contributed by atoms with Crippen LogP contribution < -0.4 is 0 Å². The van der Waals surface area contributed by atoms with Crippen molar-refractivity contribution in [2.75, 3.05) is 0 Å². The maximum Gasteiger partial charge on any atom is 0.148 e. The van der Waals surface area contributed by atoms with Crippen LogP contribution in [0.5, 0.6) is 5.75 Å². The number of para-hydroxylation sites is 4. The van der Waals surface area contributed by atoms with Gasteiger partial charge in [0.2, 0.25) is 0 Å². The van der Waals surface area contributed by atoms with Crippen LogP contribution in [-0.2, 0) is 26.5 Å². The second-order valence-corrected chi connectivity index (χ2v) is 18.7. The first-order valence-corrected chi connectivity index (χ1v) is 23.5. The Labute approximate surface area is 422 Å². The average Bonchev–Trinajstić information content (AvgIpc) is 3.94. The number of imidazole rings is 1. The summed E-state index contributed by atoms with van der Waals surface area (Å²) in [6, 6.07) is 79.9. The third-order valence-corrected chi connectivity index (χ3v) is 13.3. The van der Waals surface area contributed by atoms with E-state index in [1.807, 2.05) is 42.6 Å². The first-order chi connectivity index (χ1) is 33.8. The van der Waals surface area contributed by atoms with Crippen LogP contribution in [0.1, 0.15) is 26.3 Å². The largest absolute Gasteiger partial charge is 0.507 e. The fourth-order valence-corrected chi connectivity index (χ4v) is 9.84. The van der Waals surface area contributed by atoms with Crippen LogP contribution in [0.3, 0.4) is 0 Å². The zero-order chi connectivity index (χ0) is 46.6. The standard InChI is InChI=1S/C64H47N4O.Pt/c1-64(2,3)49-37-47(36-48(38-49)56-39-46(34-35-65-56)44-32-30-43(31-33-44)42-18-7-4-8-19-42)52-26-17-29-59-62(52)66-63(68(59)57-27-15-13-24-51(57)45-20-9-5-10-21-45)55-40-54-53-25-14-16-28-58(53)67(60(54)41-61(55)69)50-22-11-6-12-23-50;/h4-35,37-41,69H,1-3H3;/q-1;. The smallest absolute Gasteiger partial charge is 0.148 e. The van der Waals surface area contributed by atoms with Crippen LogP contribution in [0.4, 0.5) is 0 Å². The van der Waals surface area contributed by atoms with Gasteiger partial charge in [-0.1, -0.05) is 190 Å². The molecular formula is C64H47N4OPt-. The molecule has 6 heteroatoms. The molecule has 0 saturated heterocycles. The van der Waals surface area contributed by atoms with E-state index in [2.05, 4.69) is 218 Å². The Morgan fingerprint density at radius 1 is 0.457 bits per heavy atom. The van der Waals surface area contributed by atoms with Crippen molar-refractivity contribution in [3.05, 3.63) is 236 Å². The van der Waals surface area contributed by atoms with Gasteiger partial charge in [0, 0.05) is 61.0 Å². The molecule has 0 saturated carbocycles. The zero-order valence-electron chi connectivity index (χ0n) is 38.9. The van der Waals surface area contributed by atoms with Gasteiger partial charge in [0.15, 0.2) is 0 Å². The fourth-order valence-electron chi connectivity index (χ4n) is 9.84. The second kappa shape index (κ2) is 18.1. The Bertz CT molecular complexity index is 3870. The third kappa shape index (κ3) is 7.92. The third-order valence-electron chi connectivity index (χ3n) is 13.3. The normalized spacial score (nSPS) is 11.6. The van der Waals surface area contributed by atoms with E-state index < -0.39 is 0 Å². The number of rotatable bonds is 8. The molecule has 340 valence electrons. The minimum atomic E-state index is -0.184. The molecule has 0 aliphatic carbocycles. The maximum absolute atomic E-state index is 12.4. The Kier molecular flexibility index (Phi) is 11.5. The minimum Gasteiger partial charge on any atom is -0.507 e. The van der Waals surface area contributed by atoms with Crippen LogP contribution in [0.25, 0.3) is 111 Å². The van der Waals surface area contributed by atoms with Crippen molar-refractivity contribution in [1.82, 2.24) is 19.1 Å². The summed E-state index contributed by atoms with van der Waals surface area (Å²) in [5.74, 6) is 0.777. The Morgan fingerprint density at radius 3 is 1.80 bits per heavy atom. The molecule has 3 heterocycles. The van der Waals surface area contributed by atoms with Gasteiger partial charge in [0.05, 0.1) is 33.3 Å². The van der Waals surface area contributed by atoms with E-state index in [0.29, 0.717) is 11.4 Å². The van der Waals surface area contributed by atoms with Crippen molar-refractivity contribution in [3.8, 4) is 84.3 Å². The van der Waals surface area contributed by atoms with E-state index in [9.17, 15) is 5.11 Å². The van der Waals surface area contributed by atoms with Crippen LogP contribution in [0, 0.1) is 6.07 Å². The summed E-state index contributed by atoms with van der Waals surface area (Å²) in [4.78, 5) is 10.6. The number of phenolic OH excluding ortho intramolecular Hbond substituents is 1. The van der Waals surface area contributed by atoms with E-state index in [-0.39, 0.29) is 32.2 Å². The van der Waals surface area contributed by atoms with Crippen LogP contribution in [0.15, 0.2) is 225 Å². The van der Waals surface area contributed by atoms with E-state index in [1.54, 1.807) is 0 Å². The summed E-state index contributed by atoms with van der Waals surface area (Å²) in [6.07, 6.45) is 1.90. The Morgan fingerprint density at radius 2 is 1.06 bits per heavy atom. The molecule has 0 bridgehead atoms. The predicted octanol–water partition coefficient (Wildman–Crippen LogP) is 16.3. The SMILES string of the molecule is CC(C)(C)c1cc(-c2cc(-c3ccc(-c4ccccc4)cc3)ccn2)[c-]c(-c2cccc3c2nc(-c2cc4c5ccccc5n(-c5ccccc5)c4cc2O)n3-c2ccccc2-c2ccccc2)c1.[Pt]. The predicted molar refractivity (Wildman–Crippen MR) is 285 cm³/mol. The van der Waals surface area contributed by atoms with Crippen molar-refractivity contribution >= 4 is 32.8 Å². The summed E-state index contributed by atoms with van der Waals surface area (Å²) >= 11 is 0. The van der Waals surface area contributed by atoms with Crippen molar-refractivity contribution in [2.24, 2.45) is 0 Å². The van der Waals surface area contributed by atoms with Crippen molar-refractivity contribution in [2.45, 2.75) is 26.2 Å². The Hall–Kier alpha value is -8.11. The van der Waals surface area contributed by atoms with Gasteiger partial charge in [0.25, 0.3) is 0 Å². The van der Waals surface area contributed by atoms with E-state index in [0.717, 1.165) is 94.4 Å². The zero-order valence-corrected chi connectivity index (χ0v) is 41.2. The van der Waals surface area contributed by atoms with E-state index >= 15 is 0 Å². The number of phenols is 1. The van der Waals surface area contributed by atoms with Gasteiger partial charge in [-0.15, -0.1) is 29.3 Å². The van der Waals surface area contributed by atoms with E-state index in [1.165, 1.54) is 11.1 Å². The number of pyridine rings is 1. The Balaban J connectivity index is 0.00000533. The summed E-state index contributed by atoms with van der Waals surface area (Å²) < 4.78 is 4.45. The van der Waals surface area contributed by atoms with Gasteiger partial charge in [-0.25, -0.2) is 4.98 Å². The molecule has 12 aromatic rings. The van der Waals surface area contributed by atoms with Gasteiger partial charge in [-0.3, -0.25) is 9.55 Å². The first-order valence-electron chi connectivity index (χ1n) is 23.5. The number of nitrogens with zero attached hydrogens (tertiary/aromatic N) is 4. The summed E-state index contributed by atoms with van der Waals surface area (Å²) in [7, 11) is 0. The topological polar surface area (TPSA) is 55.9 Å². The van der Waals surface area contributed by atoms with Crippen molar-refractivity contribution in [1.29, 1.82) is 0 Å². The number of hydrogen-bond donors (Lipinski definition) is 1. The van der Waals surface area contributed by atoms with Gasteiger partial charge in [-0.2, -0.15) is 0 Å². The van der Waals surface area contributed by atoms with E-state index in [4.69, 9.17) is 9.97 Å². The number of aromatic nitrogens is 4. The van der Waals surface area contributed by atoms with Gasteiger partial charge in [-0.05, 0) is 75.7 Å². The number of benzene rings is 9. The molecule has 70 heavy (non-hydrogen) atoms. The number of aromatic hydroxyl groups is 1. The fraction of sp³-hybridized carbons (Fsp3) is 0.0625. The van der Waals surface area contributed by atoms with Crippen molar-refractivity contribution < 1.29 is 26.2 Å². The molecule has 5 nitrogen and oxygen atoms in total. The summed E-state index contributed by atoms with van der Waals surface area (Å²) in [5.41, 5.74) is 17.6. The molecule has 1 N–H and O–H groups in total. The average molecular weight is 1080 g/mol. The van der Waals surface area contributed by atoms with Crippen LogP contribution >= 0.6 is 0 Å². The number of hydrogen-bond acceptors (Lipinski definition) is 3. The number of fused-ring (bicyclic) bond motifs is 4. The maximum atomic E-state index is 12.4. The molecule has 0 unspecified atom stereocenters. The first kappa shape index (κ1) is 44.4. The van der Waals surface area contributed by atoms with Crippen LogP contribution in [-0.4, -0.2) is 24.2 Å². The molecule has 0 fully saturated rings. The van der Waals surface area contributed by atoms with Gasteiger partial charge >= 0.3 is 0 Å². The molecule has 0 atom stereocenters. The molecular weight excluding hydrogens is 1040 g/mol. The molecule has 0 aliphatic heterocycles. The molecule has 12 rings (SSSR count). The quantitative estimate of drug-likeness (QED) is 0.154. The van der Waals surface area contributed by atoms with Gasteiger partial charge < -0.3 is 9.67 Å². The molecule has 9 aromatic carbocycles. The monoisotopic (exact) mass is 1080 g/mol. The molecule has 0 aliphatic rings. The van der Waals surface area contributed by atoms with Crippen molar-refractivity contribution in [3.63, 3.8) is 0 Å². The molecule has 3 aromatic heterocycles. The summed E-state index contributed by atoms with van der Waals surface area (Å²) in [5, 5.41) is 14.5. The summed E-state index contributed by atoms with van der Waals surface area (Å²) in [6.45, 7) is 6.74. The molecule has 0 spiro atoms. The van der Waals surface area contributed by atoms with Gasteiger partial charge in [0.1, 0.15) is 11.6 Å². The van der Waals surface area contributed by atoms with Crippen LogP contribution in [0.2, 0.25) is 0 Å². The minimum absolute atomic E-state index is 0.